The van der Waals surface area contributed by atoms with Gasteiger partial charge in [-0.25, -0.2) is 4.79 Å². The second-order valence-corrected chi connectivity index (χ2v) is 3.09. The average Bonchev–Trinajstić information content (AvgIpc) is 2.36. The molecule has 5 heteroatoms. The first-order valence-electron chi connectivity index (χ1n) is 3.96. The molecule has 0 aromatic rings. The average molecular weight is 188 g/mol. The zero-order valence-corrected chi connectivity index (χ0v) is 7.74. The van der Waals surface area contributed by atoms with Gasteiger partial charge in [0, 0.05) is 0 Å². The van der Waals surface area contributed by atoms with Crippen LogP contribution >= 0.6 is 12.2 Å². The Hall–Kier alpha value is -0.840. The van der Waals surface area contributed by atoms with Gasteiger partial charge in [0.05, 0.1) is 11.5 Å². The van der Waals surface area contributed by atoms with Gasteiger partial charge in [0.25, 0.3) is 0 Å². The Bertz CT molecular complexity index is 196. The van der Waals surface area contributed by atoms with E-state index >= 15 is 0 Å². The molecule has 1 fully saturated rings. The number of rotatable bonds is 3. The van der Waals surface area contributed by atoms with Crippen LogP contribution in [0.3, 0.4) is 0 Å². The van der Waals surface area contributed by atoms with Gasteiger partial charge in [0.15, 0.2) is 6.23 Å². The third-order valence-corrected chi connectivity index (χ3v) is 1.80. The highest BCUT2D eigenvalue weighted by atomic mass is 32.1. The fraction of sp³-hybridized carbons (Fsp3) is 0.714. The van der Waals surface area contributed by atoms with Crippen molar-refractivity contribution in [1.29, 1.82) is 0 Å². The van der Waals surface area contributed by atoms with Gasteiger partial charge in [0.1, 0.15) is 0 Å². The van der Waals surface area contributed by atoms with Crippen molar-refractivity contribution >= 4 is 23.3 Å². The zero-order valence-electron chi connectivity index (χ0n) is 6.92. The number of cyclic esters (lactones) is 1. The monoisotopic (exact) mass is 188 g/mol. The van der Waals surface area contributed by atoms with Gasteiger partial charge in [-0.15, -0.1) is 0 Å². The molecule has 0 saturated carbocycles. The minimum atomic E-state index is -0.383. The molecule has 0 aromatic carbocycles. The number of ether oxygens (including phenoxy) is 1. The number of amides is 1. The van der Waals surface area contributed by atoms with Gasteiger partial charge in [-0.1, -0.05) is 19.1 Å². The normalized spacial score (nSPS) is 21.4. The minimum Gasteiger partial charge on any atom is -0.424 e. The van der Waals surface area contributed by atoms with Crippen LogP contribution in [0.15, 0.2) is 0 Å². The Balaban J connectivity index is 2.23. The fourth-order valence-electron chi connectivity index (χ4n) is 0.948. The molecule has 0 aromatic heterocycles. The zero-order chi connectivity index (χ0) is 8.97. The van der Waals surface area contributed by atoms with E-state index in [9.17, 15) is 4.79 Å². The van der Waals surface area contributed by atoms with Crippen LogP contribution in [0.2, 0.25) is 0 Å². The summed E-state index contributed by atoms with van der Waals surface area (Å²) in [6.07, 6.45) is 1.17. The molecule has 0 bridgehead atoms. The van der Waals surface area contributed by atoms with E-state index in [4.69, 9.17) is 17.0 Å². The summed E-state index contributed by atoms with van der Waals surface area (Å²) in [6, 6.07) is 0. The van der Waals surface area contributed by atoms with Gasteiger partial charge < -0.3 is 15.4 Å². The second-order valence-electron chi connectivity index (χ2n) is 2.59. The highest BCUT2D eigenvalue weighted by molar-refractivity contribution is 7.80. The van der Waals surface area contributed by atoms with E-state index in [-0.39, 0.29) is 12.3 Å². The van der Waals surface area contributed by atoms with Crippen molar-refractivity contribution in [3.05, 3.63) is 0 Å². The molecule has 1 rings (SSSR count). The van der Waals surface area contributed by atoms with Crippen molar-refractivity contribution < 1.29 is 9.53 Å². The number of nitrogens with one attached hydrogen (secondary N) is 2. The van der Waals surface area contributed by atoms with Crippen LogP contribution in [0.4, 0.5) is 4.79 Å². The van der Waals surface area contributed by atoms with Crippen molar-refractivity contribution in [3.63, 3.8) is 0 Å². The van der Waals surface area contributed by atoms with Crippen LogP contribution in [0.5, 0.6) is 0 Å². The maximum Gasteiger partial charge on any atom is 0.409 e. The van der Waals surface area contributed by atoms with Crippen LogP contribution in [0.1, 0.15) is 19.8 Å². The number of thiocarbonyl (C=S) groups is 1. The number of carbonyl (C=O) groups excluding carboxylic acids is 1. The second kappa shape index (κ2) is 4.25. The molecule has 0 spiro atoms. The van der Waals surface area contributed by atoms with E-state index in [2.05, 4.69) is 10.6 Å². The van der Waals surface area contributed by atoms with E-state index < -0.39 is 0 Å². The molecular formula is C7H12N2O2S. The highest BCUT2D eigenvalue weighted by Crippen LogP contribution is 1.98. The predicted octanol–water partition coefficient (Wildman–Crippen LogP) is 0.769. The third kappa shape index (κ3) is 2.65. The first-order chi connectivity index (χ1) is 5.72. The van der Waals surface area contributed by atoms with Crippen LogP contribution in [0.25, 0.3) is 0 Å². The molecule has 0 aliphatic carbocycles. The van der Waals surface area contributed by atoms with Crippen LogP contribution in [-0.4, -0.2) is 23.9 Å². The van der Waals surface area contributed by atoms with E-state index in [1.54, 1.807) is 0 Å². The van der Waals surface area contributed by atoms with Crippen LogP contribution in [-0.2, 0) is 4.74 Å². The quantitative estimate of drug-likeness (QED) is 0.642. The lowest BCUT2D eigenvalue weighted by atomic mass is 10.3. The lowest BCUT2D eigenvalue weighted by Gasteiger charge is -2.11. The van der Waals surface area contributed by atoms with Crippen molar-refractivity contribution in [3.8, 4) is 0 Å². The molecular weight excluding hydrogens is 176 g/mol. The molecule has 68 valence electrons. The van der Waals surface area contributed by atoms with E-state index in [1.165, 1.54) is 0 Å². The fourth-order valence-corrected chi connectivity index (χ4v) is 1.28. The van der Waals surface area contributed by atoms with E-state index in [1.807, 2.05) is 6.92 Å². The molecule has 12 heavy (non-hydrogen) atoms. The minimum absolute atomic E-state index is 0.281. The third-order valence-electron chi connectivity index (χ3n) is 1.48. The molecule has 4 nitrogen and oxygen atoms in total. The summed E-state index contributed by atoms with van der Waals surface area (Å²) < 4.78 is 4.83. The topological polar surface area (TPSA) is 50.4 Å². The van der Waals surface area contributed by atoms with Crippen molar-refractivity contribution in [2.45, 2.75) is 26.0 Å². The molecule has 1 aliphatic rings. The largest absolute Gasteiger partial charge is 0.424 e. The van der Waals surface area contributed by atoms with Crippen LogP contribution in [0, 0.1) is 0 Å². The highest BCUT2D eigenvalue weighted by Gasteiger charge is 2.22. The number of carbonyl (C=O) groups is 1. The Morgan fingerprint density at radius 3 is 3.17 bits per heavy atom. The Morgan fingerprint density at radius 2 is 2.67 bits per heavy atom. The maximum absolute atomic E-state index is 10.6. The summed E-state index contributed by atoms with van der Waals surface area (Å²) in [4.78, 5) is 11.3. The Labute approximate surface area is 76.7 Å². The van der Waals surface area contributed by atoms with Crippen LogP contribution < -0.4 is 10.6 Å². The summed E-state index contributed by atoms with van der Waals surface area (Å²) in [5, 5.41) is 5.47. The lowest BCUT2D eigenvalue weighted by Crippen LogP contribution is -2.35. The summed E-state index contributed by atoms with van der Waals surface area (Å²) >= 11 is 5.00. The molecule has 1 heterocycles. The number of hydrogen-bond donors (Lipinski definition) is 2. The lowest BCUT2D eigenvalue weighted by molar-refractivity contribution is 0.133. The first-order valence-corrected chi connectivity index (χ1v) is 4.37. The summed E-state index contributed by atoms with van der Waals surface area (Å²) in [7, 11) is 0. The van der Waals surface area contributed by atoms with Crippen molar-refractivity contribution in [1.82, 2.24) is 10.6 Å². The molecule has 1 atom stereocenters. The van der Waals surface area contributed by atoms with Gasteiger partial charge in [-0.05, 0) is 12.8 Å². The Kier molecular flexibility index (Phi) is 3.28. The van der Waals surface area contributed by atoms with Gasteiger partial charge in [0.2, 0.25) is 0 Å². The standard InChI is InChI=1S/C7H12N2O2S/c1-2-3-6(12)9-5-4-8-7(10)11-5/h5H,2-4H2,1H3,(H,8,10)(H,9,12). The van der Waals surface area contributed by atoms with Crippen molar-refractivity contribution in [2.75, 3.05) is 6.54 Å². The van der Waals surface area contributed by atoms with E-state index in [0.717, 1.165) is 17.8 Å². The number of hydrogen-bond acceptors (Lipinski definition) is 3. The predicted molar refractivity (Wildman–Crippen MR) is 48.9 cm³/mol. The molecule has 1 saturated heterocycles. The molecule has 1 amide bonds. The summed E-state index contributed by atoms with van der Waals surface area (Å²) in [5.41, 5.74) is 0. The first kappa shape index (κ1) is 9.25. The summed E-state index contributed by atoms with van der Waals surface area (Å²) in [5.74, 6) is 0. The SMILES string of the molecule is CCCC(=S)NC1CNC(=O)O1. The molecule has 0 radical (unpaired) electrons. The smallest absolute Gasteiger partial charge is 0.409 e. The van der Waals surface area contributed by atoms with Gasteiger partial charge in [-0.2, -0.15) is 0 Å². The molecule has 1 unspecified atom stereocenters. The Morgan fingerprint density at radius 1 is 1.92 bits per heavy atom. The summed E-state index contributed by atoms with van der Waals surface area (Å²) in [6.45, 7) is 2.54. The molecule has 2 N–H and O–H groups in total. The van der Waals surface area contributed by atoms with Crippen molar-refractivity contribution in [2.24, 2.45) is 0 Å². The van der Waals surface area contributed by atoms with Gasteiger partial charge in [-0.3, -0.25) is 0 Å². The molecule has 1 aliphatic heterocycles. The number of alkyl carbamates (subject to hydrolysis) is 1. The van der Waals surface area contributed by atoms with E-state index in [0.29, 0.717) is 6.54 Å². The maximum atomic E-state index is 10.6. The van der Waals surface area contributed by atoms with Gasteiger partial charge >= 0.3 is 6.09 Å².